The molecule has 2 aliphatic rings. The molecule has 0 spiro atoms. The maximum absolute atomic E-state index is 12.6. The van der Waals surface area contributed by atoms with Crippen molar-refractivity contribution in [3.8, 4) is 0 Å². The number of anilines is 1. The lowest BCUT2D eigenvalue weighted by Crippen LogP contribution is -2.29. The molecule has 1 heterocycles. The number of piperidine rings is 1. The van der Waals surface area contributed by atoms with E-state index >= 15 is 0 Å². The molecule has 1 saturated heterocycles. The van der Waals surface area contributed by atoms with Gasteiger partial charge in [-0.2, -0.15) is 0 Å². The molecule has 1 amide bonds. The standard InChI is InChI=1S/C22H25ClN2O/c23-21-10-3-2-9-18(21)19-14-20(19)22(26)24-17-8-6-7-16(13-17)15-25-11-4-1-5-12-25/h2-3,6-10,13,19-20H,1,4-5,11-12,14-15H2,(H,24,26). The van der Waals surface area contributed by atoms with Gasteiger partial charge in [-0.1, -0.05) is 48.4 Å². The summed E-state index contributed by atoms with van der Waals surface area (Å²) in [5, 5.41) is 3.86. The third-order valence-corrected chi connectivity index (χ3v) is 5.83. The molecule has 3 nitrogen and oxygen atoms in total. The number of likely N-dealkylation sites (tertiary alicyclic amines) is 1. The number of hydrogen-bond acceptors (Lipinski definition) is 2. The Morgan fingerprint density at radius 3 is 2.69 bits per heavy atom. The number of nitrogens with one attached hydrogen (secondary N) is 1. The molecule has 2 fully saturated rings. The second-order valence-corrected chi connectivity index (χ2v) is 7.90. The van der Waals surface area contributed by atoms with Crippen molar-refractivity contribution in [2.45, 2.75) is 38.1 Å². The molecule has 136 valence electrons. The minimum absolute atomic E-state index is 0.0284. The molecule has 1 aliphatic heterocycles. The molecule has 0 aromatic heterocycles. The van der Waals surface area contributed by atoms with Gasteiger partial charge in [-0.3, -0.25) is 9.69 Å². The second kappa shape index (κ2) is 7.81. The van der Waals surface area contributed by atoms with Crippen molar-refractivity contribution in [3.05, 3.63) is 64.7 Å². The summed E-state index contributed by atoms with van der Waals surface area (Å²) in [5.41, 5.74) is 3.26. The van der Waals surface area contributed by atoms with E-state index in [-0.39, 0.29) is 17.7 Å². The Hall–Kier alpha value is -1.84. The average Bonchev–Trinajstić information content (AvgIpc) is 3.44. The number of carbonyl (C=O) groups is 1. The summed E-state index contributed by atoms with van der Waals surface area (Å²) < 4.78 is 0. The predicted octanol–water partition coefficient (Wildman–Crippen LogP) is 5.07. The summed E-state index contributed by atoms with van der Waals surface area (Å²) in [6.07, 6.45) is 4.81. The second-order valence-electron chi connectivity index (χ2n) is 7.50. The van der Waals surface area contributed by atoms with E-state index in [2.05, 4.69) is 22.3 Å². The first kappa shape index (κ1) is 17.6. The number of nitrogens with zero attached hydrogens (tertiary/aromatic N) is 1. The molecule has 26 heavy (non-hydrogen) atoms. The molecule has 4 rings (SSSR count). The first-order valence-corrected chi connectivity index (χ1v) is 9.95. The van der Waals surface area contributed by atoms with Crippen molar-refractivity contribution in [1.82, 2.24) is 4.90 Å². The first-order valence-electron chi connectivity index (χ1n) is 9.57. The van der Waals surface area contributed by atoms with Gasteiger partial charge in [-0.15, -0.1) is 0 Å². The Morgan fingerprint density at radius 2 is 1.88 bits per heavy atom. The van der Waals surface area contributed by atoms with Crippen LogP contribution in [-0.2, 0) is 11.3 Å². The van der Waals surface area contributed by atoms with Gasteiger partial charge in [0.1, 0.15) is 0 Å². The van der Waals surface area contributed by atoms with Crippen LogP contribution in [0.5, 0.6) is 0 Å². The van der Waals surface area contributed by atoms with Crippen LogP contribution >= 0.6 is 11.6 Å². The van der Waals surface area contributed by atoms with E-state index in [0.717, 1.165) is 29.2 Å². The summed E-state index contributed by atoms with van der Waals surface area (Å²) in [7, 11) is 0. The van der Waals surface area contributed by atoms with E-state index in [1.54, 1.807) is 0 Å². The number of carbonyl (C=O) groups excluding carboxylic acids is 1. The molecule has 2 aromatic rings. The third kappa shape index (κ3) is 4.11. The van der Waals surface area contributed by atoms with Gasteiger partial charge in [0.2, 0.25) is 5.91 Å². The van der Waals surface area contributed by atoms with Crippen molar-refractivity contribution in [2.75, 3.05) is 18.4 Å². The summed E-state index contributed by atoms with van der Waals surface area (Å²) in [4.78, 5) is 15.1. The highest BCUT2D eigenvalue weighted by atomic mass is 35.5. The van der Waals surface area contributed by atoms with Gasteiger partial charge in [0.15, 0.2) is 0 Å². The van der Waals surface area contributed by atoms with Crippen LogP contribution in [0.15, 0.2) is 48.5 Å². The smallest absolute Gasteiger partial charge is 0.228 e. The Balaban J connectivity index is 1.36. The largest absolute Gasteiger partial charge is 0.326 e. The van der Waals surface area contributed by atoms with Gasteiger partial charge >= 0.3 is 0 Å². The van der Waals surface area contributed by atoms with E-state index in [1.807, 2.05) is 36.4 Å². The van der Waals surface area contributed by atoms with E-state index in [4.69, 9.17) is 11.6 Å². The van der Waals surface area contributed by atoms with Gasteiger partial charge in [-0.05, 0) is 67.6 Å². The minimum atomic E-state index is 0.0284. The lowest BCUT2D eigenvalue weighted by Gasteiger charge is -2.26. The highest BCUT2D eigenvalue weighted by molar-refractivity contribution is 6.31. The molecule has 4 heteroatoms. The molecule has 1 aliphatic carbocycles. The molecular weight excluding hydrogens is 344 g/mol. The summed E-state index contributed by atoms with van der Waals surface area (Å²) >= 11 is 6.27. The highest BCUT2D eigenvalue weighted by Gasteiger charge is 2.44. The van der Waals surface area contributed by atoms with Crippen LogP contribution in [-0.4, -0.2) is 23.9 Å². The average molecular weight is 369 g/mol. The van der Waals surface area contributed by atoms with Crippen LogP contribution in [0.2, 0.25) is 5.02 Å². The number of benzene rings is 2. The van der Waals surface area contributed by atoms with Crippen molar-refractivity contribution >= 4 is 23.2 Å². The van der Waals surface area contributed by atoms with Crippen molar-refractivity contribution in [1.29, 1.82) is 0 Å². The van der Waals surface area contributed by atoms with E-state index in [1.165, 1.54) is 37.9 Å². The van der Waals surface area contributed by atoms with Gasteiger partial charge in [0.25, 0.3) is 0 Å². The van der Waals surface area contributed by atoms with E-state index in [9.17, 15) is 4.79 Å². The monoisotopic (exact) mass is 368 g/mol. The van der Waals surface area contributed by atoms with Gasteiger partial charge in [0.05, 0.1) is 0 Å². The van der Waals surface area contributed by atoms with Crippen LogP contribution in [0.1, 0.15) is 42.7 Å². The van der Waals surface area contributed by atoms with Crippen molar-refractivity contribution < 1.29 is 4.79 Å². The SMILES string of the molecule is O=C(Nc1cccc(CN2CCCCC2)c1)C1CC1c1ccccc1Cl. The molecule has 1 N–H and O–H groups in total. The van der Waals surface area contributed by atoms with Gasteiger partial charge in [-0.25, -0.2) is 0 Å². The van der Waals surface area contributed by atoms with Crippen LogP contribution in [0.4, 0.5) is 5.69 Å². The lowest BCUT2D eigenvalue weighted by atomic mass is 10.1. The van der Waals surface area contributed by atoms with Crippen molar-refractivity contribution in [2.24, 2.45) is 5.92 Å². The topological polar surface area (TPSA) is 32.3 Å². The van der Waals surface area contributed by atoms with Gasteiger partial charge in [0, 0.05) is 23.2 Å². The van der Waals surface area contributed by atoms with Crippen molar-refractivity contribution in [3.63, 3.8) is 0 Å². The third-order valence-electron chi connectivity index (χ3n) is 5.48. The zero-order valence-electron chi connectivity index (χ0n) is 15.0. The Kier molecular flexibility index (Phi) is 5.28. The molecule has 0 radical (unpaired) electrons. The number of rotatable bonds is 5. The minimum Gasteiger partial charge on any atom is -0.326 e. The quantitative estimate of drug-likeness (QED) is 0.799. The first-order chi connectivity index (χ1) is 12.7. The fourth-order valence-electron chi connectivity index (χ4n) is 3.96. The Labute approximate surface area is 160 Å². The highest BCUT2D eigenvalue weighted by Crippen LogP contribution is 2.50. The molecule has 0 bridgehead atoms. The van der Waals surface area contributed by atoms with Crippen LogP contribution in [0.25, 0.3) is 0 Å². The summed E-state index contributed by atoms with van der Waals surface area (Å²) in [6, 6.07) is 16.1. The van der Waals surface area contributed by atoms with E-state index < -0.39 is 0 Å². The molecule has 2 aromatic carbocycles. The van der Waals surface area contributed by atoms with Gasteiger partial charge < -0.3 is 5.32 Å². The fraction of sp³-hybridized carbons (Fsp3) is 0.409. The van der Waals surface area contributed by atoms with Crippen LogP contribution in [0.3, 0.4) is 0 Å². The normalized spacial score (nSPS) is 22.8. The fourth-order valence-corrected chi connectivity index (χ4v) is 4.24. The van der Waals surface area contributed by atoms with Crippen LogP contribution in [0, 0.1) is 5.92 Å². The molecule has 2 atom stereocenters. The predicted molar refractivity (Wildman–Crippen MR) is 106 cm³/mol. The maximum Gasteiger partial charge on any atom is 0.228 e. The molecule has 2 unspecified atom stereocenters. The molecular formula is C22H25ClN2O. The number of amides is 1. The Bertz CT molecular complexity index is 785. The zero-order chi connectivity index (χ0) is 17.9. The number of hydrogen-bond donors (Lipinski definition) is 1. The van der Waals surface area contributed by atoms with Crippen LogP contribution < -0.4 is 5.32 Å². The summed E-state index contributed by atoms with van der Waals surface area (Å²) in [5.74, 6) is 0.380. The lowest BCUT2D eigenvalue weighted by molar-refractivity contribution is -0.117. The van der Waals surface area contributed by atoms with E-state index in [0.29, 0.717) is 0 Å². The zero-order valence-corrected chi connectivity index (χ0v) is 15.7. The Morgan fingerprint density at radius 1 is 1.08 bits per heavy atom. The maximum atomic E-state index is 12.6. The number of halogens is 1. The summed E-state index contributed by atoms with van der Waals surface area (Å²) in [6.45, 7) is 3.33. The molecule has 1 saturated carbocycles.